The summed E-state index contributed by atoms with van der Waals surface area (Å²) in [7, 11) is -3.92. The van der Waals surface area contributed by atoms with Crippen molar-refractivity contribution in [3.8, 4) is 5.75 Å². The highest BCUT2D eigenvalue weighted by atomic mass is 32.2. The van der Waals surface area contributed by atoms with Crippen LogP contribution in [0.1, 0.15) is 56.2 Å². The van der Waals surface area contributed by atoms with Crippen LogP contribution in [0, 0.1) is 13.8 Å². The van der Waals surface area contributed by atoms with Gasteiger partial charge < -0.3 is 9.15 Å². The van der Waals surface area contributed by atoms with E-state index in [9.17, 15) is 18.0 Å². The number of unbranched alkanes of at least 4 members (excludes halogenated alkanes) is 1. The lowest BCUT2D eigenvalue weighted by atomic mass is 10.0. The zero-order chi connectivity index (χ0) is 24.9. The molecule has 0 aliphatic carbocycles. The minimum atomic E-state index is -3.92. The number of carbonyl (C=O) groups excluding carboxylic acids is 1. The van der Waals surface area contributed by atoms with E-state index in [1.807, 2.05) is 20.8 Å². The van der Waals surface area contributed by atoms with Gasteiger partial charge in [0, 0.05) is 17.0 Å². The first-order valence-corrected chi connectivity index (χ1v) is 13.0. The number of fused-ring (bicyclic) bond motifs is 1. The molecule has 7 nitrogen and oxygen atoms in total. The molecule has 3 rings (SSSR count). The summed E-state index contributed by atoms with van der Waals surface area (Å²) < 4.78 is 39.3. The fraction of sp³-hybridized carbons (Fsp3) is 0.385. The first kappa shape index (κ1) is 25.6. The van der Waals surface area contributed by atoms with E-state index in [1.54, 1.807) is 31.2 Å². The Hall–Kier alpha value is -2.97. The molecule has 0 spiro atoms. The predicted octanol–water partition coefficient (Wildman–Crippen LogP) is 4.81. The van der Waals surface area contributed by atoms with Gasteiger partial charge in [-0.15, -0.1) is 0 Å². The first-order valence-electron chi connectivity index (χ1n) is 11.5. The lowest BCUT2D eigenvalue weighted by Crippen LogP contribution is -2.43. The lowest BCUT2D eigenvalue weighted by Gasteiger charge is -2.18. The summed E-state index contributed by atoms with van der Waals surface area (Å²) in [5.74, 6) is -0.482. The van der Waals surface area contributed by atoms with Gasteiger partial charge >= 0.3 is 11.6 Å². The van der Waals surface area contributed by atoms with Gasteiger partial charge in [-0.3, -0.25) is 0 Å². The summed E-state index contributed by atoms with van der Waals surface area (Å²) in [5, 5.41) is 0.793. The van der Waals surface area contributed by atoms with Crippen molar-refractivity contribution >= 4 is 27.0 Å². The second kappa shape index (κ2) is 11.0. The Bertz CT molecular complexity index is 1330. The van der Waals surface area contributed by atoms with Crippen LogP contribution in [-0.2, 0) is 21.2 Å². The molecule has 0 saturated carbocycles. The standard InChI is InChI=1S/C26H31NO6S/c1-5-7-9-22(27-34(30,31)20-12-10-17(3)11-13-20)26(29)32-23-15-14-21-19(8-6-2)16-24(28)33-25(21)18(23)4/h10-16,22,27H,5-9H2,1-4H3/t22-/m1/s1. The van der Waals surface area contributed by atoms with Gasteiger partial charge in [-0.25, -0.2) is 18.0 Å². The third kappa shape index (κ3) is 5.93. The second-order valence-electron chi connectivity index (χ2n) is 8.46. The third-order valence-corrected chi connectivity index (χ3v) is 7.17. The molecule has 0 amide bonds. The fourth-order valence-electron chi connectivity index (χ4n) is 3.78. The van der Waals surface area contributed by atoms with Crippen LogP contribution < -0.4 is 15.1 Å². The van der Waals surface area contributed by atoms with Crippen molar-refractivity contribution in [2.45, 2.75) is 70.7 Å². The maximum Gasteiger partial charge on any atom is 0.336 e. The Morgan fingerprint density at radius 1 is 1.06 bits per heavy atom. The SMILES string of the molecule is CCCC[C@@H](NS(=O)(=O)c1ccc(C)cc1)C(=O)Oc1ccc2c(CCC)cc(=O)oc2c1C. The van der Waals surface area contributed by atoms with E-state index in [0.717, 1.165) is 35.8 Å². The van der Waals surface area contributed by atoms with Crippen molar-refractivity contribution in [1.82, 2.24) is 4.72 Å². The second-order valence-corrected chi connectivity index (χ2v) is 10.2. The molecule has 1 atom stereocenters. The maximum absolute atomic E-state index is 13.1. The molecular formula is C26H31NO6S. The summed E-state index contributed by atoms with van der Waals surface area (Å²) in [6.45, 7) is 7.56. The number of esters is 1. The molecule has 1 N–H and O–H groups in total. The molecule has 3 aromatic rings. The summed E-state index contributed by atoms with van der Waals surface area (Å²) in [4.78, 5) is 25.2. The van der Waals surface area contributed by atoms with Crippen molar-refractivity contribution in [2.24, 2.45) is 0 Å². The Morgan fingerprint density at radius 2 is 1.76 bits per heavy atom. The van der Waals surface area contributed by atoms with Crippen LogP contribution in [-0.4, -0.2) is 20.4 Å². The van der Waals surface area contributed by atoms with Crippen LogP contribution in [0.25, 0.3) is 11.0 Å². The molecule has 0 bridgehead atoms. The summed E-state index contributed by atoms with van der Waals surface area (Å²) in [6.07, 6.45) is 3.32. The molecule has 0 radical (unpaired) electrons. The number of hydrogen-bond acceptors (Lipinski definition) is 6. The average Bonchev–Trinajstić information content (AvgIpc) is 2.79. The van der Waals surface area contributed by atoms with Gasteiger partial charge in [-0.2, -0.15) is 4.72 Å². The number of rotatable bonds is 10. The first-order chi connectivity index (χ1) is 16.2. The van der Waals surface area contributed by atoms with Gasteiger partial charge in [0.1, 0.15) is 17.4 Å². The number of aryl methyl sites for hydroxylation is 3. The van der Waals surface area contributed by atoms with Gasteiger partial charge in [0.15, 0.2) is 0 Å². The smallest absolute Gasteiger partial charge is 0.336 e. The topological polar surface area (TPSA) is 103 Å². The van der Waals surface area contributed by atoms with E-state index in [0.29, 0.717) is 24.0 Å². The quantitative estimate of drug-likeness (QED) is 0.251. The number of hydrogen-bond donors (Lipinski definition) is 1. The van der Waals surface area contributed by atoms with Crippen molar-refractivity contribution in [2.75, 3.05) is 0 Å². The van der Waals surface area contributed by atoms with Crippen LogP contribution in [0.2, 0.25) is 0 Å². The van der Waals surface area contributed by atoms with Crippen molar-refractivity contribution in [1.29, 1.82) is 0 Å². The Balaban J connectivity index is 1.90. The largest absolute Gasteiger partial charge is 0.425 e. The van der Waals surface area contributed by atoms with E-state index in [4.69, 9.17) is 9.15 Å². The maximum atomic E-state index is 13.1. The number of carbonyl (C=O) groups is 1. The molecule has 0 fully saturated rings. The molecule has 0 unspecified atom stereocenters. The minimum absolute atomic E-state index is 0.0829. The minimum Gasteiger partial charge on any atom is -0.425 e. The Kier molecular flexibility index (Phi) is 8.28. The van der Waals surface area contributed by atoms with E-state index < -0.39 is 27.7 Å². The normalized spacial score (nSPS) is 12.6. The van der Waals surface area contributed by atoms with Gasteiger partial charge in [0.05, 0.1) is 4.90 Å². The van der Waals surface area contributed by atoms with E-state index in [2.05, 4.69) is 4.72 Å². The predicted molar refractivity (Wildman–Crippen MR) is 132 cm³/mol. The van der Waals surface area contributed by atoms with E-state index >= 15 is 0 Å². The molecule has 1 aromatic heterocycles. The van der Waals surface area contributed by atoms with Crippen LogP contribution in [0.15, 0.2) is 56.6 Å². The Labute approximate surface area is 200 Å². The van der Waals surface area contributed by atoms with Crippen LogP contribution in [0.5, 0.6) is 5.75 Å². The van der Waals surface area contributed by atoms with E-state index in [-0.39, 0.29) is 10.6 Å². The average molecular weight is 486 g/mol. The van der Waals surface area contributed by atoms with Crippen LogP contribution in [0.3, 0.4) is 0 Å². The summed E-state index contributed by atoms with van der Waals surface area (Å²) >= 11 is 0. The highest BCUT2D eigenvalue weighted by Gasteiger charge is 2.28. The van der Waals surface area contributed by atoms with Crippen LogP contribution in [0.4, 0.5) is 0 Å². The molecule has 0 aliphatic heterocycles. The van der Waals surface area contributed by atoms with Crippen LogP contribution >= 0.6 is 0 Å². The molecule has 1 heterocycles. The summed E-state index contributed by atoms with van der Waals surface area (Å²) in [5.41, 5.74) is 2.22. The third-order valence-electron chi connectivity index (χ3n) is 5.69. The van der Waals surface area contributed by atoms with Crippen molar-refractivity contribution in [3.05, 3.63) is 69.6 Å². The molecule has 2 aromatic carbocycles. The summed E-state index contributed by atoms with van der Waals surface area (Å²) in [6, 6.07) is 10.3. The fourth-order valence-corrected chi connectivity index (χ4v) is 5.00. The zero-order valence-corrected chi connectivity index (χ0v) is 20.8. The van der Waals surface area contributed by atoms with Gasteiger partial charge in [-0.05, 0) is 56.5 Å². The number of sulfonamides is 1. The number of nitrogens with one attached hydrogen (secondary N) is 1. The highest BCUT2D eigenvalue weighted by molar-refractivity contribution is 7.89. The highest BCUT2D eigenvalue weighted by Crippen LogP contribution is 2.29. The van der Waals surface area contributed by atoms with Crippen molar-refractivity contribution < 1.29 is 22.4 Å². The van der Waals surface area contributed by atoms with Gasteiger partial charge in [-0.1, -0.05) is 50.8 Å². The van der Waals surface area contributed by atoms with E-state index in [1.165, 1.54) is 18.2 Å². The molecular weight excluding hydrogens is 454 g/mol. The van der Waals surface area contributed by atoms with Crippen molar-refractivity contribution in [3.63, 3.8) is 0 Å². The monoisotopic (exact) mass is 485 g/mol. The molecule has 182 valence electrons. The number of benzene rings is 2. The zero-order valence-electron chi connectivity index (χ0n) is 20.0. The molecule has 8 heteroatoms. The molecule has 0 saturated heterocycles. The number of ether oxygens (including phenoxy) is 1. The molecule has 0 aliphatic rings. The molecule has 34 heavy (non-hydrogen) atoms. The van der Waals surface area contributed by atoms with Gasteiger partial charge in [0.2, 0.25) is 10.0 Å². The Morgan fingerprint density at radius 3 is 2.41 bits per heavy atom. The van der Waals surface area contributed by atoms with Gasteiger partial charge in [0.25, 0.3) is 0 Å². The lowest BCUT2D eigenvalue weighted by molar-refractivity contribution is -0.136.